The van der Waals surface area contributed by atoms with Gasteiger partial charge in [0.2, 0.25) is 15.0 Å². The fourth-order valence-corrected chi connectivity index (χ4v) is 3.56. The highest BCUT2D eigenvalue weighted by Gasteiger charge is 2.13. The number of hydrogen-bond acceptors (Lipinski definition) is 5. The molecule has 1 N–H and O–H groups in total. The van der Waals surface area contributed by atoms with E-state index >= 15 is 0 Å². The smallest absolute Gasteiger partial charge is 0.212 e. The van der Waals surface area contributed by atoms with Crippen LogP contribution >= 0.6 is 11.3 Å². The molecule has 0 unspecified atom stereocenters. The van der Waals surface area contributed by atoms with Gasteiger partial charge in [-0.3, -0.25) is 0 Å². The van der Waals surface area contributed by atoms with Crippen LogP contribution in [0.2, 0.25) is 0 Å². The van der Waals surface area contributed by atoms with Crippen LogP contribution in [0.3, 0.4) is 0 Å². The van der Waals surface area contributed by atoms with Crippen molar-refractivity contribution in [3.05, 3.63) is 41.2 Å². The topological polar surface area (TPSA) is 76.4 Å². The SMILES string of the molecule is CCS(=O)(=O)NCCc1csc2nc(-c3cccc(F)c3)nn12. The van der Waals surface area contributed by atoms with E-state index in [1.807, 2.05) is 5.38 Å². The van der Waals surface area contributed by atoms with E-state index in [4.69, 9.17) is 0 Å². The standard InChI is InChI=1S/C14H15FN4O2S2/c1-2-23(20,21)16-7-6-12-9-22-14-17-13(18-19(12)14)10-4-3-5-11(15)8-10/h3-5,8-9,16H,2,6-7H2,1H3. The number of sulfonamides is 1. The number of aromatic nitrogens is 3. The van der Waals surface area contributed by atoms with Gasteiger partial charge in [-0.25, -0.2) is 22.0 Å². The second-order valence-corrected chi connectivity index (χ2v) is 7.85. The first-order valence-electron chi connectivity index (χ1n) is 7.05. The quantitative estimate of drug-likeness (QED) is 0.735. The van der Waals surface area contributed by atoms with Crippen molar-refractivity contribution in [1.82, 2.24) is 19.3 Å². The van der Waals surface area contributed by atoms with Crippen LogP contribution in [0, 0.1) is 5.82 Å². The van der Waals surface area contributed by atoms with Gasteiger partial charge in [0.25, 0.3) is 0 Å². The van der Waals surface area contributed by atoms with E-state index in [1.165, 1.54) is 23.5 Å². The Bertz CT molecular complexity index is 933. The van der Waals surface area contributed by atoms with Gasteiger partial charge < -0.3 is 0 Å². The zero-order valence-electron chi connectivity index (χ0n) is 12.4. The molecule has 1 aromatic carbocycles. The summed E-state index contributed by atoms with van der Waals surface area (Å²) in [7, 11) is -3.20. The van der Waals surface area contributed by atoms with Crippen molar-refractivity contribution in [3.63, 3.8) is 0 Å². The lowest BCUT2D eigenvalue weighted by Crippen LogP contribution is -2.27. The molecule has 0 saturated heterocycles. The molecule has 3 rings (SSSR count). The maximum Gasteiger partial charge on any atom is 0.212 e. The predicted octanol–water partition coefficient (Wildman–Crippen LogP) is 2.08. The zero-order chi connectivity index (χ0) is 16.4. The average molecular weight is 354 g/mol. The van der Waals surface area contributed by atoms with Crippen molar-refractivity contribution >= 4 is 26.3 Å². The minimum atomic E-state index is -3.20. The first kappa shape index (κ1) is 16.0. The van der Waals surface area contributed by atoms with Gasteiger partial charge in [0.05, 0.1) is 11.4 Å². The van der Waals surface area contributed by atoms with E-state index in [1.54, 1.807) is 23.6 Å². The molecule has 0 fully saturated rings. The first-order chi connectivity index (χ1) is 11.0. The molecule has 0 aliphatic heterocycles. The molecule has 0 spiro atoms. The summed E-state index contributed by atoms with van der Waals surface area (Å²) in [5.41, 5.74) is 1.47. The monoisotopic (exact) mass is 354 g/mol. The lowest BCUT2D eigenvalue weighted by molar-refractivity contribution is 0.582. The van der Waals surface area contributed by atoms with Gasteiger partial charge in [-0.05, 0) is 19.1 Å². The minimum absolute atomic E-state index is 0.0547. The van der Waals surface area contributed by atoms with Crippen LogP contribution in [0.25, 0.3) is 16.3 Å². The molecule has 122 valence electrons. The highest BCUT2D eigenvalue weighted by atomic mass is 32.2. The summed E-state index contributed by atoms with van der Waals surface area (Å²) >= 11 is 1.42. The van der Waals surface area contributed by atoms with E-state index in [0.29, 0.717) is 29.3 Å². The summed E-state index contributed by atoms with van der Waals surface area (Å²) in [6, 6.07) is 6.11. The molecular formula is C14H15FN4O2S2. The van der Waals surface area contributed by atoms with Crippen LogP contribution < -0.4 is 4.72 Å². The van der Waals surface area contributed by atoms with Gasteiger partial charge in [-0.1, -0.05) is 12.1 Å². The summed E-state index contributed by atoms with van der Waals surface area (Å²) < 4.78 is 40.4. The van der Waals surface area contributed by atoms with Gasteiger partial charge in [0, 0.05) is 23.9 Å². The Morgan fingerprint density at radius 1 is 1.39 bits per heavy atom. The zero-order valence-corrected chi connectivity index (χ0v) is 14.0. The normalized spacial score (nSPS) is 12.1. The van der Waals surface area contributed by atoms with Gasteiger partial charge in [-0.15, -0.1) is 16.4 Å². The number of fused-ring (bicyclic) bond motifs is 1. The summed E-state index contributed by atoms with van der Waals surface area (Å²) in [4.78, 5) is 5.08. The third-order valence-electron chi connectivity index (χ3n) is 3.32. The lowest BCUT2D eigenvalue weighted by atomic mass is 10.2. The number of nitrogens with zero attached hydrogens (tertiary/aromatic N) is 3. The number of hydrogen-bond donors (Lipinski definition) is 1. The van der Waals surface area contributed by atoms with E-state index in [-0.39, 0.29) is 11.6 Å². The van der Waals surface area contributed by atoms with E-state index in [0.717, 1.165) is 5.69 Å². The summed E-state index contributed by atoms with van der Waals surface area (Å²) in [6.45, 7) is 1.89. The fourth-order valence-electron chi connectivity index (χ4n) is 2.08. The third-order valence-corrected chi connectivity index (χ3v) is 5.58. The second-order valence-electron chi connectivity index (χ2n) is 4.91. The van der Waals surface area contributed by atoms with E-state index in [9.17, 15) is 12.8 Å². The van der Waals surface area contributed by atoms with E-state index in [2.05, 4.69) is 14.8 Å². The molecular weight excluding hydrogens is 339 g/mol. The number of benzene rings is 1. The lowest BCUT2D eigenvalue weighted by Gasteiger charge is -2.03. The van der Waals surface area contributed by atoms with Crippen molar-refractivity contribution in [2.45, 2.75) is 13.3 Å². The maximum absolute atomic E-state index is 13.3. The number of thiazole rings is 1. The third kappa shape index (κ3) is 3.57. The molecule has 2 aromatic heterocycles. The van der Waals surface area contributed by atoms with Crippen molar-refractivity contribution in [2.24, 2.45) is 0 Å². The van der Waals surface area contributed by atoms with Crippen LogP contribution in [0.1, 0.15) is 12.6 Å². The molecule has 6 nitrogen and oxygen atoms in total. The molecule has 23 heavy (non-hydrogen) atoms. The highest BCUT2D eigenvalue weighted by molar-refractivity contribution is 7.89. The molecule has 0 aliphatic rings. The Kier molecular flexibility index (Phi) is 4.42. The fraction of sp³-hybridized carbons (Fsp3) is 0.286. The number of nitrogens with one attached hydrogen (secondary N) is 1. The van der Waals surface area contributed by atoms with Crippen LogP contribution in [0.15, 0.2) is 29.6 Å². The maximum atomic E-state index is 13.3. The van der Waals surface area contributed by atoms with Crippen molar-refractivity contribution in [2.75, 3.05) is 12.3 Å². The van der Waals surface area contributed by atoms with Crippen molar-refractivity contribution < 1.29 is 12.8 Å². The van der Waals surface area contributed by atoms with Gasteiger partial charge >= 0.3 is 0 Å². The van der Waals surface area contributed by atoms with E-state index < -0.39 is 10.0 Å². The average Bonchev–Trinajstić information content (AvgIpc) is 3.09. The molecule has 0 bridgehead atoms. The molecule has 0 saturated carbocycles. The Hall–Kier alpha value is -1.84. The van der Waals surface area contributed by atoms with Crippen molar-refractivity contribution in [3.8, 4) is 11.4 Å². The van der Waals surface area contributed by atoms with Gasteiger partial charge in [0.1, 0.15) is 5.82 Å². The molecule has 2 heterocycles. The van der Waals surface area contributed by atoms with Crippen LogP contribution in [-0.4, -0.2) is 35.3 Å². The van der Waals surface area contributed by atoms with Crippen LogP contribution in [0.4, 0.5) is 4.39 Å². The van der Waals surface area contributed by atoms with Crippen molar-refractivity contribution in [1.29, 1.82) is 0 Å². The van der Waals surface area contributed by atoms with Gasteiger partial charge in [0.15, 0.2) is 5.82 Å². The molecule has 0 amide bonds. The summed E-state index contributed by atoms with van der Waals surface area (Å²) in [5.74, 6) is 0.167. The number of rotatable bonds is 6. The molecule has 3 aromatic rings. The summed E-state index contributed by atoms with van der Waals surface area (Å²) in [5, 5.41) is 6.29. The predicted molar refractivity (Wildman–Crippen MR) is 87.4 cm³/mol. The Morgan fingerprint density at radius 2 is 2.22 bits per heavy atom. The van der Waals surface area contributed by atoms with Gasteiger partial charge in [-0.2, -0.15) is 4.98 Å². The Morgan fingerprint density at radius 3 is 2.96 bits per heavy atom. The summed E-state index contributed by atoms with van der Waals surface area (Å²) in [6.07, 6.45) is 0.505. The Labute approximate surface area is 137 Å². The van der Waals surface area contributed by atoms with Crippen LogP contribution in [0.5, 0.6) is 0 Å². The first-order valence-corrected chi connectivity index (χ1v) is 9.58. The highest BCUT2D eigenvalue weighted by Crippen LogP contribution is 2.21. The largest absolute Gasteiger partial charge is 0.215 e. The molecule has 0 radical (unpaired) electrons. The molecule has 0 aliphatic carbocycles. The Balaban J connectivity index is 1.81. The molecule has 0 atom stereocenters. The second kappa shape index (κ2) is 6.34. The van der Waals surface area contributed by atoms with Crippen LogP contribution in [-0.2, 0) is 16.4 Å². The minimum Gasteiger partial charge on any atom is -0.215 e. The number of halogens is 1. The molecule has 9 heteroatoms.